The van der Waals surface area contributed by atoms with Crippen LogP contribution < -0.4 is 0 Å². The number of carbonyl (C=O) groups is 1. The van der Waals surface area contributed by atoms with Crippen LogP contribution in [0.25, 0.3) is 10.9 Å². The van der Waals surface area contributed by atoms with Crippen molar-refractivity contribution in [3.05, 3.63) is 36.5 Å². The molecule has 10 heteroatoms. The highest BCUT2D eigenvalue weighted by Gasteiger charge is 2.35. The van der Waals surface area contributed by atoms with Gasteiger partial charge in [-0.05, 0) is 58.0 Å². The van der Waals surface area contributed by atoms with E-state index in [-0.39, 0.29) is 30.1 Å². The molecule has 0 bridgehead atoms. The molecule has 4 heterocycles. The topological polar surface area (TPSA) is 86.3 Å². The zero-order valence-corrected chi connectivity index (χ0v) is 22.6. The summed E-state index contributed by atoms with van der Waals surface area (Å²) in [5.74, 6) is -0.00787. The molecule has 3 fully saturated rings. The number of carbonyl (C=O) groups excluding carboxylic acids is 1. The number of hydrogen-bond acceptors (Lipinski definition) is 7. The molecule has 9 nitrogen and oxygen atoms in total. The molecule has 1 amide bonds. The fraction of sp³-hybridized carbons (Fsp3) is 0.630. The Morgan fingerprint density at radius 2 is 1.73 bits per heavy atom. The third-order valence-corrected chi connectivity index (χ3v) is 10.1. The molecule has 3 saturated heterocycles. The lowest BCUT2D eigenvalue weighted by Crippen LogP contribution is -2.54. The standard InChI is InChI=1S/C27H39N5O4S/c1-29-14-10-23(11-15-29)30-16-18-31(19-17-30)26(33)21-36-20-24-8-2-3-13-32(24)37(34,35)25-9-4-6-22-7-5-12-28-27(22)25/h4-7,9,12,23-24H,2-3,8,10-11,13-21H2,1H3. The van der Waals surface area contributed by atoms with E-state index in [0.29, 0.717) is 18.1 Å². The number of aromatic nitrogens is 1. The summed E-state index contributed by atoms with van der Waals surface area (Å²) in [6, 6.07) is 9.28. The number of para-hydroxylation sites is 1. The Balaban J connectivity index is 1.15. The molecule has 1 aromatic heterocycles. The van der Waals surface area contributed by atoms with E-state index in [4.69, 9.17) is 4.74 Å². The molecule has 1 unspecified atom stereocenters. The van der Waals surface area contributed by atoms with Crippen LogP contribution in [0, 0.1) is 0 Å². The van der Waals surface area contributed by atoms with Crippen LogP contribution in [0.1, 0.15) is 32.1 Å². The first-order valence-electron chi connectivity index (χ1n) is 13.6. The van der Waals surface area contributed by atoms with Gasteiger partial charge >= 0.3 is 0 Å². The van der Waals surface area contributed by atoms with Gasteiger partial charge in [0, 0.05) is 56.4 Å². The molecule has 1 aromatic carbocycles. The van der Waals surface area contributed by atoms with Crippen molar-refractivity contribution in [2.75, 3.05) is 66.1 Å². The first kappa shape index (κ1) is 26.5. The molecular weight excluding hydrogens is 490 g/mol. The van der Waals surface area contributed by atoms with Gasteiger partial charge in [0.05, 0.1) is 12.1 Å². The highest BCUT2D eigenvalue weighted by atomic mass is 32.2. The largest absolute Gasteiger partial charge is 0.370 e. The number of fused-ring (bicyclic) bond motifs is 1. The minimum absolute atomic E-state index is 0.00552. The van der Waals surface area contributed by atoms with Gasteiger partial charge in [-0.15, -0.1) is 0 Å². The smallest absolute Gasteiger partial charge is 0.248 e. The summed E-state index contributed by atoms with van der Waals surface area (Å²) >= 11 is 0. The van der Waals surface area contributed by atoms with Crippen molar-refractivity contribution in [1.82, 2.24) is 24.0 Å². The van der Waals surface area contributed by atoms with Crippen molar-refractivity contribution < 1.29 is 17.9 Å². The van der Waals surface area contributed by atoms with Crippen LogP contribution in [0.3, 0.4) is 0 Å². The molecule has 1 atom stereocenters. The summed E-state index contributed by atoms with van der Waals surface area (Å²) < 4.78 is 34.8. The molecule has 0 aliphatic carbocycles. The van der Waals surface area contributed by atoms with Crippen LogP contribution >= 0.6 is 0 Å². The number of benzene rings is 1. The van der Waals surface area contributed by atoms with E-state index in [1.807, 2.05) is 23.1 Å². The normalized spacial score (nSPS) is 23.5. The van der Waals surface area contributed by atoms with Gasteiger partial charge in [-0.1, -0.05) is 24.6 Å². The van der Waals surface area contributed by atoms with E-state index in [2.05, 4.69) is 21.8 Å². The number of ether oxygens (including phenoxy) is 1. The van der Waals surface area contributed by atoms with Crippen molar-refractivity contribution in [3.63, 3.8) is 0 Å². The highest BCUT2D eigenvalue weighted by Crippen LogP contribution is 2.29. The third-order valence-electron chi connectivity index (χ3n) is 8.16. The Morgan fingerprint density at radius 1 is 0.973 bits per heavy atom. The molecule has 0 radical (unpaired) electrons. The second-order valence-corrected chi connectivity index (χ2v) is 12.4. The van der Waals surface area contributed by atoms with Gasteiger partial charge in [0.15, 0.2) is 0 Å². The van der Waals surface area contributed by atoms with E-state index < -0.39 is 10.0 Å². The Labute approximate surface area is 220 Å². The average molecular weight is 530 g/mol. The first-order chi connectivity index (χ1) is 17.9. The lowest BCUT2D eigenvalue weighted by atomic mass is 10.0. The monoisotopic (exact) mass is 529 g/mol. The number of likely N-dealkylation sites (tertiary alicyclic amines) is 1. The molecular formula is C27H39N5O4S. The van der Waals surface area contributed by atoms with Gasteiger partial charge in [0.2, 0.25) is 15.9 Å². The van der Waals surface area contributed by atoms with Crippen LogP contribution in [0.15, 0.2) is 41.4 Å². The van der Waals surface area contributed by atoms with Crippen LogP contribution in [0.2, 0.25) is 0 Å². The summed E-state index contributed by atoms with van der Waals surface area (Å²) in [7, 11) is -1.57. The molecule has 3 aliphatic heterocycles. The number of amides is 1. The SMILES string of the molecule is CN1CCC(N2CCN(C(=O)COCC3CCCCN3S(=O)(=O)c3cccc4cccnc34)CC2)CC1. The third kappa shape index (κ3) is 5.98. The van der Waals surface area contributed by atoms with E-state index in [1.54, 1.807) is 22.6 Å². The molecule has 0 N–H and O–H groups in total. The number of pyridine rings is 1. The average Bonchev–Trinajstić information content (AvgIpc) is 2.93. The number of sulfonamides is 1. The Hall–Kier alpha value is -2.11. The van der Waals surface area contributed by atoms with Gasteiger partial charge in [0.1, 0.15) is 11.5 Å². The maximum absolute atomic E-state index is 13.7. The van der Waals surface area contributed by atoms with Gasteiger partial charge in [-0.25, -0.2) is 8.42 Å². The Bertz CT molecular complexity index is 1170. The summed E-state index contributed by atoms with van der Waals surface area (Å²) in [6.45, 7) is 6.23. The molecule has 0 saturated carbocycles. The van der Waals surface area contributed by atoms with E-state index in [9.17, 15) is 13.2 Å². The number of hydrogen-bond donors (Lipinski definition) is 0. The maximum Gasteiger partial charge on any atom is 0.248 e. The van der Waals surface area contributed by atoms with Gasteiger partial charge < -0.3 is 14.5 Å². The lowest BCUT2D eigenvalue weighted by molar-refractivity contribution is -0.138. The van der Waals surface area contributed by atoms with Crippen molar-refractivity contribution in [2.24, 2.45) is 0 Å². The predicted molar refractivity (Wildman–Crippen MR) is 143 cm³/mol. The van der Waals surface area contributed by atoms with Crippen LogP contribution in [-0.2, 0) is 19.6 Å². The summed E-state index contributed by atoms with van der Waals surface area (Å²) in [4.78, 5) is 24.2. The quantitative estimate of drug-likeness (QED) is 0.543. The number of rotatable bonds is 7. The second-order valence-electron chi connectivity index (χ2n) is 10.6. The zero-order chi connectivity index (χ0) is 25.8. The van der Waals surface area contributed by atoms with E-state index >= 15 is 0 Å². The van der Waals surface area contributed by atoms with Crippen LogP contribution in [-0.4, -0.2) is 116 Å². The summed E-state index contributed by atoms with van der Waals surface area (Å²) in [5, 5.41) is 0.801. The van der Waals surface area contributed by atoms with Crippen molar-refractivity contribution in [1.29, 1.82) is 0 Å². The van der Waals surface area contributed by atoms with Crippen molar-refractivity contribution in [2.45, 2.75) is 49.1 Å². The highest BCUT2D eigenvalue weighted by molar-refractivity contribution is 7.89. The van der Waals surface area contributed by atoms with E-state index in [1.165, 1.54) is 12.8 Å². The van der Waals surface area contributed by atoms with Gasteiger partial charge in [0.25, 0.3) is 0 Å². The molecule has 202 valence electrons. The predicted octanol–water partition coefficient (Wildman–Crippen LogP) is 2.03. The maximum atomic E-state index is 13.7. The summed E-state index contributed by atoms with van der Waals surface area (Å²) in [5.41, 5.74) is 0.491. The Morgan fingerprint density at radius 3 is 2.51 bits per heavy atom. The fourth-order valence-electron chi connectivity index (χ4n) is 5.94. The lowest BCUT2D eigenvalue weighted by Gasteiger charge is -2.42. The van der Waals surface area contributed by atoms with Gasteiger partial charge in [-0.2, -0.15) is 4.31 Å². The van der Waals surface area contributed by atoms with Crippen LogP contribution in [0.4, 0.5) is 0 Å². The molecule has 37 heavy (non-hydrogen) atoms. The second kappa shape index (κ2) is 11.7. The molecule has 3 aliphatic rings. The minimum atomic E-state index is -3.74. The molecule has 5 rings (SSSR count). The number of piperazine rings is 1. The Kier molecular flexibility index (Phi) is 8.40. The molecule has 2 aromatic rings. The number of nitrogens with zero attached hydrogens (tertiary/aromatic N) is 5. The first-order valence-corrected chi connectivity index (χ1v) is 15.0. The zero-order valence-electron chi connectivity index (χ0n) is 21.8. The van der Waals surface area contributed by atoms with Crippen molar-refractivity contribution >= 4 is 26.8 Å². The number of piperidine rings is 2. The van der Waals surface area contributed by atoms with Crippen LogP contribution in [0.5, 0.6) is 0 Å². The van der Waals surface area contributed by atoms with Crippen molar-refractivity contribution in [3.8, 4) is 0 Å². The summed E-state index contributed by atoms with van der Waals surface area (Å²) in [6.07, 6.45) is 6.50. The fourth-order valence-corrected chi connectivity index (χ4v) is 7.78. The minimum Gasteiger partial charge on any atom is -0.370 e. The van der Waals surface area contributed by atoms with Gasteiger partial charge in [-0.3, -0.25) is 14.7 Å². The molecule has 0 spiro atoms. The van der Waals surface area contributed by atoms with E-state index in [0.717, 1.165) is 63.9 Å².